The van der Waals surface area contributed by atoms with Gasteiger partial charge in [0.1, 0.15) is 5.82 Å². The second-order valence-corrected chi connectivity index (χ2v) is 8.21. The van der Waals surface area contributed by atoms with Crippen LogP contribution in [0.3, 0.4) is 0 Å². The number of rotatable bonds is 4. The molecule has 7 heteroatoms. The Hall–Kier alpha value is -3.06. The van der Waals surface area contributed by atoms with Gasteiger partial charge in [0, 0.05) is 39.5 Å². The number of carbonyl (C=O) groups is 2. The molecule has 0 radical (unpaired) electrons. The maximum atomic E-state index is 13.9. The minimum Gasteiger partial charge on any atom is -0.340 e. The number of hydrazone groups is 1. The van der Waals surface area contributed by atoms with Crippen molar-refractivity contribution in [3.8, 4) is 0 Å². The molecule has 2 aliphatic heterocycles. The molecule has 31 heavy (non-hydrogen) atoms. The Labute approximate surface area is 181 Å². The number of piperazine rings is 1. The van der Waals surface area contributed by atoms with Crippen molar-refractivity contribution in [3.63, 3.8) is 0 Å². The van der Waals surface area contributed by atoms with Gasteiger partial charge in [0.05, 0.1) is 18.3 Å². The number of benzene rings is 2. The number of carbonyl (C=O) groups excluding carboxylic acids is 2. The van der Waals surface area contributed by atoms with E-state index in [2.05, 4.69) is 5.10 Å². The van der Waals surface area contributed by atoms with Crippen LogP contribution in [0, 0.1) is 12.7 Å². The Morgan fingerprint density at radius 3 is 2.42 bits per heavy atom. The van der Waals surface area contributed by atoms with Gasteiger partial charge in [-0.25, -0.2) is 9.40 Å². The third-order valence-electron chi connectivity index (χ3n) is 5.96. The van der Waals surface area contributed by atoms with E-state index < -0.39 is 0 Å². The highest BCUT2D eigenvalue weighted by Crippen LogP contribution is 2.33. The van der Waals surface area contributed by atoms with E-state index in [4.69, 9.17) is 0 Å². The average Bonchev–Trinajstić information content (AvgIpc) is 3.20. The largest absolute Gasteiger partial charge is 0.340 e. The zero-order valence-corrected chi connectivity index (χ0v) is 17.9. The summed E-state index contributed by atoms with van der Waals surface area (Å²) in [5.41, 5.74) is 3.68. The van der Waals surface area contributed by atoms with Crippen LogP contribution >= 0.6 is 0 Å². The van der Waals surface area contributed by atoms with E-state index in [1.807, 2.05) is 42.2 Å². The van der Waals surface area contributed by atoms with Crippen molar-refractivity contribution >= 4 is 17.5 Å². The predicted molar refractivity (Wildman–Crippen MR) is 117 cm³/mol. The van der Waals surface area contributed by atoms with Gasteiger partial charge in [-0.3, -0.25) is 14.5 Å². The number of amides is 2. The van der Waals surface area contributed by atoms with Crippen molar-refractivity contribution in [1.29, 1.82) is 0 Å². The van der Waals surface area contributed by atoms with Crippen LogP contribution < -0.4 is 0 Å². The minimum absolute atomic E-state index is 0.0593. The van der Waals surface area contributed by atoms with Crippen molar-refractivity contribution in [2.45, 2.75) is 26.3 Å². The van der Waals surface area contributed by atoms with Crippen LogP contribution in [0.2, 0.25) is 0 Å². The highest BCUT2D eigenvalue weighted by atomic mass is 19.1. The van der Waals surface area contributed by atoms with E-state index in [1.165, 1.54) is 17.1 Å². The fourth-order valence-corrected chi connectivity index (χ4v) is 4.12. The molecule has 0 saturated carbocycles. The molecule has 0 aromatic heterocycles. The van der Waals surface area contributed by atoms with Crippen molar-refractivity contribution in [2.75, 3.05) is 32.7 Å². The summed E-state index contributed by atoms with van der Waals surface area (Å²) < 4.78 is 13.9. The molecule has 2 heterocycles. The molecule has 6 nitrogen and oxygen atoms in total. The maximum absolute atomic E-state index is 13.9. The first-order valence-corrected chi connectivity index (χ1v) is 10.6. The lowest BCUT2D eigenvalue weighted by molar-refractivity contribution is -0.135. The molecule has 2 aromatic rings. The van der Waals surface area contributed by atoms with Crippen molar-refractivity contribution < 1.29 is 14.0 Å². The Morgan fingerprint density at radius 2 is 1.77 bits per heavy atom. The van der Waals surface area contributed by atoms with Crippen LogP contribution in [0.15, 0.2) is 53.6 Å². The summed E-state index contributed by atoms with van der Waals surface area (Å²) >= 11 is 0. The zero-order chi connectivity index (χ0) is 22.0. The molecule has 2 amide bonds. The zero-order valence-electron chi connectivity index (χ0n) is 17.9. The van der Waals surface area contributed by atoms with E-state index in [0.717, 1.165) is 22.4 Å². The monoisotopic (exact) mass is 422 g/mol. The Morgan fingerprint density at radius 1 is 1.06 bits per heavy atom. The van der Waals surface area contributed by atoms with Crippen LogP contribution in [-0.2, 0) is 9.59 Å². The first-order chi connectivity index (χ1) is 14.9. The van der Waals surface area contributed by atoms with Gasteiger partial charge in [0.2, 0.25) is 5.91 Å². The summed E-state index contributed by atoms with van der Waals surface area (Å²) in [7, 11) is 0. The quantitative estimate of drug-likeness (QED) is 0.761. The van der Waals surface area contributed by atoms with Crippen molar-refractivity contribution in [1.82, 2.24) is 14.8 Å². The summed E-state index contributed by atoms with van der Waals surface area (Å²) in [6, 6.07) is 14.1. The lowest BCUT2D eigenvalue weighted by Gasteiger charge is -2.34. The Bertz CT molecular complexity index is 997. The highest BCUT2D eigenvalue weighted by Gasteiger charge is 2.34. The fourth-order valence-electron chi connectivity index (χ4n) is 4.12. The molecule has 4 rings (SSSR count). The van der Waals surface area contributed by atoms with E-state index in [0.29, 0.717) is 32.6 Å². The van der Waals surface area contributed by atoms with Crippen LogP contribution in [-0.4, -0.2) is 65.1 Å². The highest BCUT2D eigenvalue weighted by molar-refractivity contribution is 6.03. The molecule has 0 spiro atoms. The van der Waals surface area contributed by atoms with E-state index in [9.17, 15) is 14.0 Å². The Kier molecular flexibility index (Phi) is 6.13. The average molecular weight is 423 g/mol. The molecule has 1 saturated heterocycles. The number of hydrogen-bond donors (Lipinski definition) is 0. The van der Waals surface area contributed by atoms with E-state index >= 15 is 0 Å². The van der Waals surface area contributed by atoms with Gasteiger partial charge in [-0.1, -0.05) is 42.0 Å². The summed E-state index contributed by atoms with van der Waals surface area (Å²) in [6.07, 6.45) is 0.538. The topological polar surface area (TPSA) is 56.2 Å². The molecular weight excluding hydrogens is 395 g/mol. The second kappa shape index (κ2) is 8.98. The van der Waals surface area contributed by atoms with E-state index in [-0.39, 0.29) is 30.2 Å². The first kappa shape index (κ1) is 21.2. The van der Waals surface area contributed by atoms with Gasteiger partial charge in [0.25, 0.3) is 5.91 Å². The lowest BCUT2D eigenvalue weighted by Crippen LogP contribution is -2.50. The number of aryl methyl sites for hydroxylation is 1. The standard InChI is InChI=1S/C24H27FN4O2/c1-17-6-8-19(9-7-17)22-15-23(20-4-3-5-21(25)14-20)29(26-22)24(31)16-27-10-12-28(13-11-27)18(2)30/h3-9,14,23H,10-13,15-16H2,1-2H3/t23-/m0/s1. The lowest BCUT2D eigenvalue weighted by atomic mass is 9.98. The number of halogens is 1. The summed E-state index contributed by atoms with van der Waals surface area (Å²) in [6.45, 7) is 6.36. The number of hydrogen-bond acceptors (Lipinski definition) is 4. The van der Waals surface area contributed by atoms with Gasteiger partial charge in [-0.15, -0.1) is 0 Å². The minimum atomic E-state index is -0.335. The van der Waals surface area contributed by atoms with Crippen LogP contribution in [0.25, 0.3) is 0 Å². The fraction of sp³-hybridized carbons (Fsp3) is 0.375. The van der Waals surface area contributed by atoms with Crippen LogP contribution in [0.1, 0.15) is 36.1 Å². The molecule has 2 aromatic carbocycles. The Balaban J connectivity index is 1.54. The van der Waals surface area contributed by atoms with Gasteiger partial charge in [-0.2, -0.15) is 5.10 Å². The molecule has 0 bridgehead atoms. The smallest absolute Gasteiger partial charge is 0.257 e. The first-order valence-electron chi connectivity index (χ1n) is 10.6. The van der Waals surface area contributed by atoms with Gasteiger partial charge in [-0.05, 0) is 30.2 Å². The van der Waals surface area contributed by atoms with Crippen LogP contribution in [0.5, 0.6) is 0 Å². The molecular formula is C24H27FN4O2. The van der Waals surface area contributed by atoms with Gasteiger partial charge in [0.15, 0.2) is 0 Å². The SMILES string of the molecule is CC(=O)N1CCN(CC(=O)N2N=C(c3ccc(C)cc3)C[C@H]2c2cccc(F)c2)CC1. The molecule has 0 aliphatic carbocycles. The molecule has 1 atom stereocenters. The second-order valence-electron chi connectivity index (χ2n) is 8.21. The predicted octanol–water partition coefficient (Wildman–Crippen LogP) is 2.98. The van der Waals surface area contributed by atoms with Gasteiger partial charge >= 0.3 is 0 Å². The van der Waals surface area contributed by atoms with E-state index in [1.54, 1.807) is 17.9 Å². The van der Waals surface area contributed by atoms with Crippen molar-refractivity contribution in [2.24, 2.45) is 5.10 Å². The molecule has 162 valence electrons. The normalized spacial score (nSPS) is 19.5. The molecule has 2 aliphatic rings. The third kappa shape index (κ3) is 4.82. The molecule has 1 fully saturated rings. The van der Waals surface area contributed by atoms with Gasteiger partial charge < -0.3 is 4.90 Å². The summed E-state index contributed by atoms with van der Waals surface area (Å²) in [5.74, 6) is -0.384. The summed E-state index contributed by atoms with van der Waals surface area (Å²) in [5, 5.41) is 6.19. The maximum Gasteiger partial charge on any atom is 0.257 e. The number of nitrogens with zero attached hydrogens (tertiary/aromatic N) is 4. The van der Waals surface area contributed by atoms with Crippen LogP contribution in [0.4, 0.5) is 4.39 Å². The summed E-state index contributed by atoms with van der Waals surface area (Å²) in [4.78, 5) is 28.6. The third-order valence-corrected chi connectivity index (χ3v) is 5.96. The molecule has 0 N–H and O–H groups in total. The van der Waals surface area contributed by atoms with Crippen molar-refractivity contribution in [3.05, 3.63) is 71.0 Å². The molecule has 0 unspecified atom stereocenters.